The molecule has 1 saturated heterocycles. The van der Waals surface area contributed by atoms with E-state index in [1.165, 1.54) is 36.4 Å². The number of amides is 2. The van der Waals surface area contributed by atoms with Gasteiger partial charge in [0.2, 0.25) is 11.8 Å². The van der Waals surface area contributed by atoms with Gasteiger partial charge in [-0.1, -0.05) is 0 Å². The first-order chi connectivity index (χ1) is 12.0. The van der Waals surface area contributed by atoms with Crippen LogP contribution in [0.15, 0.2) is 12.1 Å². The average Bonchev–Trinajstić information content (AvgIpc) is 3.10. The summed E-state index contributed by atoms with van der Waals surface area (Å²) in [5, 5.41) is 2.57. The third kappa shape index (κ3) is 4.17. The Bertz CT molecular complexity index is 663. The fraction of sp³-hybridized carbons (Fsp3) is 0.500. The summed E-state index contributed by atoms with van der Waals surface area (Å²) < 4.78 is 14.9. The Morgan fingerprint density at radius 2 is 1.84 bits per heavy atom. The molecule has 0 atom stereocenters. The zero-order chi connectivity index (χ0) is 18.4. The summed E-state index contributed by atoms with van der Waals surface area (Å²) in [4.78, 5) is 40.7. The molecule has 1 aromatic heterocycles. The van der Waals surface area contributed by atoms with Crippen molar-refractivity contribution in [3.63, 3.8) is 0 Å². The van der Waals surface area contributed by atoms with E-state index in [4.69, 9.17) is 14.2 Å². The molecule has 0 spiro atoms. The van der Waals surface area contributed by atoms with Gasteiger partial charge in [-0.2, -0.15) is 4.98 Å². The standard InChI is InChI=1S/C16H21N3O6/c1-4-25-14(21)10-13(20)18-8-5-9-19(18)16(22)11-6-7-12(23-2)17-15(11)24-3/h6-7H,4-5,8-10H2,1-3H3. The van der Waals surface area contributed by atoms with E-state index >= 15 is 0 Å². The second kappa shape index (κ2) is 8.32. The Morgan fingerprint density at radius 3 is 2.48 bits per heavy atom. The molecular formula is C16H21N3O6. The first kappa shape index (κ1) is 18.5. The zero-order valence-corrected chi connectivity index (χ0v) is 14.5. The molecule has 25 heavy (non-hydrogen) atoms. The van der Waals surface area contributed by atoms with Gasteiger partial charge in [0.25, 0.3) is 11.8 Å². The van der Waals surface area contributed by atoms with E-state index in [2.05, 4.69) is 4.98 Å². The first-order valence-corrected chi connectivity index (χ1v) is 7.88. The van der Waals surface area contributed by atoms with Crippen LogP contribution in [0.5, 0.6) is 11.8 Å². The van der Waals surface area contributed by atoms with Gasteiger partial charge in [-0.25, -0.2) is 5.01 Å². The van der Waals surface area contributed by atoms with Crippen molar-refractivity contribution in [3.8, 4) is 11.8 Å². The van der Waals surface area contributed by atoms with Crippen LogP contribution >= 0.6 is 0 Å². The summed E-state index contributed by atoms with van der Waals surface area (Å²) >= 11 is 0. The lowest BCUT2D eigenvalue weighted by molar-refractivity contribution is -0.152. The van der Waals surface area contributed by atoms with Crippen LogP contribution in [0, 0.1) is 0 Å². The van der Waals surface area contributed by atoms with Crippen molar-refractivity contribution in [3.05, 3.63) is 17.7 Å². The largest absolute Gasteiger partial charge is 0.481 e. The minimum absolute atomic E-state index is 0.106. The van der Waals surface area contributed by atoms with Gasteiger partial charge in [-0.05, 0) is 19.4 Å². The Kier molecular flexibility index (Phi) is 6.15. The minimum atomic E-state index is -0.615. The number of hydrogen-bond donors (Lipinski definition) is 0. The van der Waals surface area contributed by atoms with Gasteiger partial charge >= 0.3 is 5.97 Å². The summed E-state index contributed by atoms with van der Waals surface area (Å²) in [5.74, 6) is -1.11. The zero-order valence-electron chi connectivity index (χ0n) is 14.5. The van der Waals surface area contributed by atoms with Crippen LogP contribution in [-0.4, -0.2) is 66.7 Å². The predicted octanol–water partition coefficient (Wildman–Crippen LogP) is 0.641. The molecule has 136 valence electrons. The summed E-state index contributed by atoms with van der Waals surface area (Å²) in [6.07, 6.45) is 0.210. The van der Waals surface area contributed by atoms with Crippen molar-refractivity contribution in [2.45, 2.75) is 19.8 Å². The Hall–Kier alpha value is -2.84. The molecule has 2 amide bonds. The summed E-state index contributed by atoms with van der Waals surface area (Å²) in [5.41, 5.74) is 0.208. The topological polar surface area (TPSA) is 98.3 Å². The number of hydrogen-bond acceptors (Lipinski definition) is 7. The maximum absolute atomic E-state index is 12.8. The number of aromatic nitrogens is 1. The Balaban J connectivity index is 2.17. The molecule has 2 rings (SSSR count). The van der Waals surface area contributed by atoms with E-state index in [0.29, 0.717) is 25.4 Å². The monoisotopic (exact) mass is 351 g/mol. The molecule has 1 aromatic rings. The lowest BCUT2D eigenvalue weighted by atomic mass is 10.2. The lowest BCUT2D eigenvalue weighted by Gasteiger charge is -2.28. The van der Waals surface area contributed by atoms with Crippen LogP contribution < -0.4 is 9.47 Å². The first-order valence-electron chi connectivity index (χ1n) is 7.88. The molecule has 0 aromatic carbocycles. The van der Waals surface area contributed by atoms with Crippen molar-refractivity contribution < 1.29 is 28.6 Å². The van der Waals surface area contributed by atoms with Gasteiger partial charge in [-0.15, -0.1) is 0 Å². The van der Waals surface area contributed by atoms with Crippen molar-refractivity contribution in [1.82, 2.24) is 15.0 Å². The van der Waals surface area contributed by atoms with Crippen LogP contribution in [0.2, 0.25) is 0 Å². The molecule has 1 aliphatic rings. The number of carbonyl (C=O) groups excluding carboxylic acids is 3. The van der Waals surface area contributed by atoms with Gasteiger partial charge in [-0.3, -0.25) is 19.4 Å². The van der Waals surface area contributed by atoms with Gasteiger partial charge in [0, 0.05) is 19.2 Å². The van der Waals surface area contributed by atoms with Gasteiger partial charge in [0.15, 0.2) is 0 Å². The number of nitrogens with zero attached hydrogens (tertiary/aromatic N) is 3. The van der Waals surface area contributed by atoms with E-state index < -0.39 is 24.2 Å². The summed E-state index contributed by atoms with van der Waals surface area (Å²) in [7, 11) is 2.85. The molecule has 2 heterocycles. The molecule has 0 aliphatic carbocycles. The fourth-order valence-electron chi connectivity index (χ4n) is 2.50. The van der Waals surface area contributed by atoms with Crippen LogP contribution in [0.1, 0.15) is 30.1 Å². The second-order valence-electron chi connectivity index (χ2n) is 5.19. The SMILES string of the molecule is CCOC(=O)CC(=O)N1CCCN1C(=O)c1ccc(OC)nc1OC. The molecular weight excluding hydrogens is 330 g/mol. The third-order valence-corrected chi connectivity index (χ3v) is 3.62. The molecule has 0 N–H and O–H groups in total. The molecule has 0 unspecified atom stereocenters. The van der Waals surface area contributed by atoms with E-state index in [1.54, 1.807) is 6.92 Å². The molecule has 9 heteroatoms. The van der Waals surface area contributed by atoms with E-state index in [-0.39, 0.29) is 18.1 Å². The highest BCUT2D eigenvalue weighted by atomic mass is 16.5. The maximum Gasteiger partial charge on any atom is 0.315 e. The summed E-state index contributed by atoms with van der Waals surface area (Å²) in [6, 6.07) is 3.07. The van der Waals surface area contributed by atoms with Crippen molar-refractivity contribution in [2.75, 3.05) is 33.9 Å². The van der Waals surface area contributed by atoms with Gasteiger partial charge < -0.3 is 14.2 Å². The molecule has 0 saturated carbocycles. The maximum atomic E-state index is 12.8. The number of carbonyl (C=O) groups is 3. The number of esters is 1. The van der Waals surface area contributed by atoms with E-state index in [9.17, 15) is 14.4 Å². The average molecular weight is 351 g/mol. The van der Waals surface area contributed by atoms with Crippen LogP contribution in [-0.2, 0) is 14.3 Å². The Morgan fingerprint density at radius 1 is 1.12 bits per heavy atom. The lowest BCUT2D eigenvalue weighted by Crippen LogP contribution is -2.45. The number of methoxy groups -OCH3 is 2. The number of ether oxygens (including phenoxy) is 3. The molecule has 1 aliphatic heterocycles. The summed E-state index contributed by atoms with van der Waals surface area (Å²) in [6.45, 7) is 2.58. The van der Waals surface area contributed by atoms with Gasteiger partial charge in [0.05, 0.1) is 20.8 Å². The van der Waals surface area contributed by atoms with Gasteiger partial charge in [0.1, 0.15) is 12.0 Å². The quantitative estimate of drug-likeness (QED) is 0.548. The van der Waals surface area contributed by atoms with Crippen molar-refractivity contribution in [2.24, 2.45) is 0 Å². The van der Waals surface area contributed by atoms with Crippen LogP contribution in [0.3, 0.4) is 0 Å². The molecule has 0 bridgehead atoms. The normalized spacial score (nSPS) is 13.6. The number of rotatable bonds is 6. The van der Waals surface area contributed by atoms with Crippen molar-refractivity contribution >= 4 is 17.8 Å². The minimum Gasteiger partial charge on any atom is -0.481 e. The highest BCUT2D eigenvalue weighted by Crippen LogP contribution is 2.24. The fourth-order valence-corrected chi connectivity index (χ4v) is 2.50. The van der Waals surface area contributed by atoms with Crippen molar-refractivity contribution in [1.29, 1.82) is 0 Å². The molecule has 0 radical (unpaired) electrons. The molecule has 1 fully saturated rings. The number of pyridine rings is 1. The van der Waals surface area contributed by atoms with E-state index in [0.717, 1.165) is 0 Å². The highest BCUT2D eigenvalue weighted by molar-refractivity contribution is 5.99. The van der Waals surface area contributed by atoms with Crippen LogP contribution in [0.4, 0.5) is 0 Å². The Labute approximate surface area is 145 Å². The smallest absolute Gasteiger partial charge is 0.315 e. The molecule has 9 nitrogen and oxygen atoms in total. The van der Waals surface area contributed by atoms with Crippen LogP contribution in [0.25, 0.3) is 0 Å². The highest BCUT2D eigenvalue weighted by Gasteiger charge is 2.33. The second-order valence-corrected chi connectivity index (χ2v) is 5.19. The number of hydrazine groups is 1. The van der Waals surface area contributed by atoms with E-state index in [1.807, 2.05) is 0 Å². The third-order valence-electron chi connectivity index (χ3n) is 3.62. The predicted molar refractivity (Wildman–Crippen MR) is 86.0 cm³/mol.